The molecule has 11 nitrogen and oxygen atoms in total. The molecule has 0 radical (unpaired) electrons. The van der Waals surface area contributed by atoms with Gasteiger partial charge in [0.05, 0.1) is 35.6 Å². The summed E-state index contributed by atoms with van der Waals surface area (Å²) in [5.74, 6) is -2.05. The number of piperidine rings is 1. The van der Waals surface area contributed by atoms with Gasteiger partial charge in [0.1, 0.15) is 29.0 Å². The molecule has 3 aromatic heterocycles. The first-order valence-electron chi connectivity index (χ1n) is 12.4. The number of benzene rings is 1. The fourth-order valence-corrected chi connectivity index (χ4v) is 4.68. The molecule has 1 aromatic carbocycles. The molecule has 1 aliphatic heterocycles. The van der Waals surface area contributed by atoms with Gasteiger partial charge in [-0.25, -0.2) is 23.4 Å². The number of alkyl halides is 2. The van der Waals surface area contributed by atoms with Gasteiger partial charge in [-0.3, -0.25) is 10.1 Å². The average Bonchev–Trinajstić information content (AvgIpc) is 3.43. The van der Waals surface area contributed by atoms with Crippen LogP contribution in [0, 0.1) is 21.7 Å². The van der Waals surface area contributed by atoms with Crippen molar-refractivity contribution in [2.45, 2.75) is 25.5 Å². The van der Waals surface area contributed by atoms with Gasteiger partial charge in [-0.1, -0.05) is 0 Å². The summed E-state index contributed by atoms with van der Waals surface area (Å²) in [6.07, 6.45) is 4.64. The highest BCUT2D eigenvalue weighted by Crippen LogP contribution is 2.39. The van der Waals surface area contributed by atoms with Crippen molar-refractivity contribution < 1.29 is 32.3 Å². The van der Waals surface area contributed by atoms with E-state index in [1.54, 1.807) is 6.07 Å². The Labute approximate surface area is 230 Å². The Morgan fingerprint density at radius 1 is 1.20 bits per heavy atom. The number of aliphatic hydroxyl groups excluding tert-OH is 1. The third-order valence-electron chi connectivity index (χ3n) is 6.53. The van der Waals surface area contributed by atoms with Gasteiger partial charge in [0.15, 0.2) is 5.69 Å². The number of aromatic nitrogens is 4. The molecular formula is C26H23F4N7O4. The smallest absolute Gasteiger partial charge is 0.333 e. The number of ether oxygens (including phenoxy) is 1. The van der Waals surface area contributed by atoms with E-state index in [4.69, 9.17) is 4.74 Å². The monoisotopic (exact) mass is 573 g/mol. The van der Waals surface area contributed by atoms with Crippen molar-refractivity contribution >= 4 is 23.0 Å². The van der Waals surface area contributed by atoms with Crippen LogP contribution in [0.2, 0.25) is 0 Å². The van der Waals surface area contributed by atoms with E-state index in [0.29, 0.717) is 53.5 Å². The van der Waals surface area contributed by atoms with Crippen molar-refractivity contribution in [3.8, 4) is 28.1 Å². The number of pyridine rings is 2. The van der Waals surface area contributed by atoms with Gasteiger partial charge >= 0.3 is 6.55 Å². The number of rotatable bonds is 8. The molecule has 0 saturated carbocycles. The molecule has 4 aromatic rings. The SMILES string of the molecule is COc1cc(F)cc(F)c1-c1nc(Nc2cc(N3CCC[C@H](O)C3)c(-c3cnn(C(F)F)c3)cn2)ccc1[N+](=O)[O-]. The quantitative estimate of drug-likeness (QED) is 0.164. The Morgan fingerprint density at radius 3 is 2.68 bits per heavy atom. The van der Waals surface area contributed by atoms with E-state index in [9.17, 15) is 32.8 Å². The molecule has 1 atom stereocenters. The molecule has 0 unspecified atom stereocenters. The Balaban J connectivity index is 1.56. The molecule has 2 N–H and O–H groups in total. The van der Waals surface area contributed by atoms with Gasteiger partial charge in [-0.05, 0) is 18.9 Å². The van der Waals surface area contributed by atoms with E-state index in [2.05, 4.69) is 20.4 Å². The van der Waals surface area contributed by atoms with Crippen LogP contribution < -0.4 is 15.0 Å². The molecule has 0 amide bonds. The second-order valence-electron chi connectivity index (χ2n) is 9.23. The van der Waals surface area contributed by atoms with Crippen LogP contribution in [-0.2, 0) is 0 Å². The lowest BCUT2D eigenvalue weighted by Gasteiger charge is -2.33. The highest BCUT2D eigenvalue weighted by atomic mass is 19.3. The Hall–Kier alpha value is -4.79. The third-order valence-corrected chi connectivity index (χ3v) is 6.53. The number of nitro groups is 1. The molecule has 1 saturated heterocycles. The maximum atomic E-state index is 14.8. The standard InChI is InChI=1S/C26H23F4N7O4/c1-41-21-8-15(27)7-18(28)24(21)25-19(37(39)40)4-5-22(34-25)33-23-9-20(35-6-2-3-16(38)13-35)17(11-31-23)14-10-32-36(12-14)26(29)30/h4-5,7-12,16,26,38H,2-3,6,13H2,1H3,(H,31,33,34)/t16-/m0/s1. The lowest BCUT2D eigenvalue weighted by Crippen LogP contribution is -2.38. The number of nitrogens with one attached hydrogen (secondary N) is 1. The van der Waals surface area contributed by atoms with Crippen LogP contribution in [0.15, 0.2) is 48.9 Å². The van der Waals surface area contributed by atoms with Gasteiger partial charge in [0.25, 0.3) is 5.69 Å². The maximum Gasteiger partial charge on any atom is 0.333 e. The maximum absolute atomic E-state index is 14.8. The summed E-state index contributed by atoms with van der Waals surface area (Å²) in [5, 5.41) is 28.6. The third kappa shape index (κ3) is 5.75. The fourth-order valence-electron chi connectivity index (χ4n) is 4.68. The lowest BCUT2D eigenvalue weighted by atomic mass is 10.0. The number of anilines is 3. The highest BCUT2D eigenvalue weighted by Gasteiger charge is 2.26. The van der Waals surface area contributed by atoms with Gasteiger partial charge in [-0.2, -0.15) is 13.9 Å². The minimum Gasteiger partial charge on any atom is -0.496 e. The van der Waals surface area contributed by atoms with Gasteiger partial charge < -0.3 is 20.1 Å². The molecule has 0 aliphatic carbocycles. The van der Waals surface area contributed by atoms with Gasteiger partial charge in [-0.15, -0.1) is 0 Å². The zero-order valence-corrected chi connectivity index (χ0v) is 21.5. The second kappa shape index (κ2) is 11.4. The van der Waals surface area contributed by atoms with Gasteiger partial charge in [0.2, 0.25) is 0 Å². The Kier molecular flexibility index (Phi) is 7.70. The molecular weight excluding hydrogens is 550 g/mol. The van der Waals surface area contributed by atoms with E-state index >= 15 is 0 Å². The summed E-state index contributed by atoms with van der Waals surface area (Å²) in [4.78, 5) is 21.4. The first-order chi connectivity index (χ1) is 19.6. The fraction of sp³-hybridized carbons (Fsp3) is 0.269. The number of hydrogen-bond donors (Lipinski definition) is 2. The first-order valence-corrected chi connectivity index (χ1v) is 12.4. The summed E-state index contributed by atoms with van der Waals surface area (Å²) in [5.41, 5.74) is 0.113. The molecule has 0 bridgehead atoms. The molecule has 4 heterocycles. The van der Waals surface area contributed by atoms with Gasteiger partial charge in [0, 0.05) is 60.9 Å². The number of aliphatic hydroxyl groups is 1. The number of halogens is 4. The van der Waals surface area contributed by atoms with Crippen LogP contribution in [0.1, 0.15) is 19.4 Å². The van der Waals surface area contributed by atoms with E-state index in [-0.39, 0.29) is 17.4 Å². The normalized spacial score (nSPS) is 15.3. The summed E-state index contributed by atoms with van der Waals surface area (Å²) in [6, 6.07) is 5.48. The van der Waals surface area contributed by atoms with Crippen molar-refractivity contribution in [2.75, 3.05) is 30.4 Å². The predicted molar refractivity (Wildman–Crippen MR) is 140 cm³/mol. The summed E-state index contributed by atoms with van der Waals surface area (Å²) in [6.45, 7) is -1.95. The largest absolute Gasteiger partial charge is 0.496 e. The molecule has 1 fully saturated rings. The molecule has 15 heteroatoms. The summed E-state index contributed by atoms with van der Waals surface area (Å²) >= 11 is 0. The summed E-state index contributed by atoms with van der Waals surface area (Å²) < 4.78 is 60.5. The van der Waals surface area contributed by atoms with Crippen molar-refractivity contribution in [2.24, 2.45) is 0 Å². The van der Waals surface area contributed by atoms with E-state index in [1.165, 1.54) is 31.8 Å². The van der Waals surface area contributed by atoms with Crippen molar-refractivity contribution in [3.63, 3.8) is 0 Å². The number of β-amino-alcohol motifs (C(OH)–C–C–N with tert-alkyl or cyclic N) is 1. The number of methoxy groups -OCH3 is 1. The van der Waals surface area contributed by atoms with Crippen molar-refractivity contribution in [1.82, 2.24) is 19.7 Å². The first kappa shape index (κ1) is 27.8. The van der Waals surface area contributed by atoms with Crippen LogP contribution in [0.4, 0.5) is 40.6 Å². The minimum atomic E-state index is -2.83. The van der Waals surface area contributed by atoms with Crippen LogP contribution >= 0.6 is 0 Å². The van der Waals surface area contributed by atoms with Crippen molar-refractivity contribution in [1.29, 1.82) is 0 Å². The average molecular weight is 574 g/mol. The molecule has 1 aliphatic rings. The Morgan fingerprint density at radius 2 is 2.00 bits per heavy atom. The van der Waals surface area contributed by atoms with E-state index < -0.39 is 46.2 Å². The van der Waals surface area contributed by atoms with E-state index in [1.807, 2.05) is 4.90 Å². The second-order valence-corrected chi connectivity index (χ2v) is 9.23. The zero-order valence-electron chi connectivity index (χ0n) is 21.5. The molecule has 0 spiro atoms. The minimum absolute atomic E-state index is 0.0479. The van der Waals surface area contributed by atoms with Crippen LogP contribution in [0.5, 0.6) is 5.75 Å². The van der Waals surface area contributed by atoms with Crippen LogP contribution in [-0.4, -0.2) is 56.1 Å². The summed E-state index contributed by atoms with van der Waals surface area (Å²) in [7, 11) is 1.17. The molecule has 214 valence electrons. The van der Waals surface area contributed by atoms with Crippen LogP contribution in [0.3, 0.4) is 0 Å². The van der Waals surface area contributed by atoms with E-state index in [0.717, 1.165) is 12.1 Å². The lowest BCUT2D eigenvalue weighted by molar-refractivity contribution is -0.384. The number of hydrogen-bond acceptors (Lipinski definition) is 9. The highest BCUT2D eigenvalue weighted by molar-refractivity contribution is 5.81. The zero-order chi connectivity index (χ0) is 29.3. The Bertz CT molecular complexity index is 1600. The molecule has 5 rings (SSSR count). The van der Waals surface area contributed by atoms with Crippen molar-refractivity contribution in [3.05, 3.63) is 70.7 Å². The predicted octanol–water partition coefficient (Wildman–Crippen LogP) is 5.30. The topological polar surface area (TPSA) is 131 Å². The molecule has 41 heavy (non-hydrogen) atoms. The number of nitrogens with zero attached hydrogens (tertiary/aromatic N) is 6. The van der Waals surface area contributed by atoms with Crippen LogP contribution in [0.25, 0.3) is 22.4 Å².